The van der Waals surface area contributed by atoms with Crippen molar-refractivity contribution in [3.8, 4) is 0 Å². The highest BCUT2D eigenvalue weighted by Crippen LogP contribution is 2.24. The summed E-state index contributed by atoms with van der Waals surface area (Å²) >= 11 is 3.47. The van der Waals surface area contributed by atoms with E-state index in [-0.39, 0.29) is 17.9 Å². The van der Waals surface area contributed by atoms with Gasteiger partial charge in [0.1, 0.15) is 5.69 Å². The fourth-order valence-corrected chi connectivity index (χ4v) is 3.42. The third-order valence-electron chi connectivity index (χ3n) is 4.00. The highest BCUT2D eigenvalue weighted by Gasteiger charge is 2.19. The van der Waals surface area contributed by atoms with Crippen molar-refractivity contribution < 1.29 is 9.59 Å². The van der Waals surface area contributed by atoms with Gasteiger partial charge in [0.2, 0.25) is 5.91 Å². The van der Waals surface area contributed by atoms with Gasteiger partial charge < -0.3 is 15.6 Å². The summed E-state index contributed by atoms with van der Waals surface area (Å²) in [6.45, 7) is 2.62. The number of halogens is 1. The highest BCUT2D eigenvalue weighted by atomic mass is 79.9. The minimum atomic E-state index is -0.119. The summed E-state index contributed by atoms with van der Waals surface area (Å²) < 4.78 is 0.997. The Morgan fingerprint density at radius 1 is 1.32 bits per heavy atom. The SMILES string of the molecule is Cc1cc(Br)cc2cc(C(=O)NC3CCNC(=O)CC3)[nH]c12. The number of nitrogens with one attached hydrogen (secondary N) is 3. The molecule has 1 unspecified atom stereocenters. The van der Waals surface area contributed by atoms with Crippen molar-refractivity contribution in [1.82, 2.24) is 15.6 Å². The molecule has 1 aliphatic rings. The van der Waals surface area contributed by atoms with Crippen LogP contribution >= 0.6 is 15.9 Å². The zero-order valence-electron chi connectivity index (χ0n) is 12.3. The molecular weight excluding hydrogens is 346 g/mol. The molecule has 6 heteroatoms. The average Bonchev–Trinajstić information content (AvgIpc) is 2.78. The molecule has 1 aromatic carbocycles. The van der Waals surface area contributed by atoms with Crippen LogP contribution in [-0.4, -0.2) is 29.4 Å². The lowest BCUT2D eigenvalue weighted by Crippen LogP contribution is -2.35. The predicted octanol–water partition coefficient (Wildman–Crippen LogP) is 2.64. The molecule has 1 saturated heterocycles. The van der Waals surface area contributed by atoms with Gasteiger partial charge in [-0.25, -0.2) is 0 Å². The highest BCUT2D eigenvalue weighted by molar-refractivity contribution is 9.10. The van der Waals surface area contributed by atoms with Gasteiger partial charge in [0.25, 0.3) is 5.91 Å². The molecule has 2 aromatic rings. The Morgan fingerprint density at radius 3 is 2.95 bits per heavy atom. The van der Waals surface area contributed by atoms with E-state index < -0.39 is 0 Å². The maximum absolute atomic E-state index is 12.4. The maximum Gasteiger partial charge on any atom is 0.267 e. The number of aromatic nitrogens is 1. The van der Waals surface area contributed by atoms with Crippen LogP contribution in [0.5, 0.6) is 0 Å². The molecule has 0 bridgehead atoms. The van der Waals surface area contributed by atoms with E-state index in [1.54, 1.807) is 0 Å². The van der Waals surface area contributed by atoms with Crippen LogP contribution in [0.2, 0.25) is 0 Å². The van der Waals surface area contributed by atoms with Crippen molar-refractivity contribution >= 4 is 38.6 Å². The fraction of sp³-hybridized carbons (Fsp3) is 0.375. The summed E-state index contributed by atoms with van der Waals surface area (Å²) in [4.78, 5) is 26.9. The number of H-pyrrole nitrogens is 1. The number of carbonyl (C=O) groups is 2. The van der Waals surface area contributed by atoms with Gasteiger partial charge in [0.15, 0.2) is 0 Å². The summed E-state index contributed by atoms with van der Waals surface area (Å²) in [6, 6.07) is 5.90. The molecule has 2 heterocycles. The molecule has 2 amide bonds. The first-order chi connectivity index (χ1) is 10.5. The van der Waals surface area contributed by atoms with E-state index in [0.717, 1.165) is 27.4 Å². The zero-order valence-corrected chi connectivity index (χ0v) is 13.9. The van der Waals surface area contributed by atoms with E-state index in [0.29, 0.717) is 25.1 Å². The van der Waals surface area contributed by atoms with Gasteiger partial charge in [0, 0.05) is 34.4 Å². The van der Waals surface area contributed by atoms with Crippen LogP contribution in [-0.2, 0) is 4.79 Å². The molecule has 0 aliphatic carbocycles. The molecule has 1 aliphatic heterocycles. The molecular formula is C16H18BrN3O2. The van der Waals surface area contributed by atoms with Crippen molar-refractivity contribution in [3.05, 3.63) is 33.9 Å². The number of fused-ring (bicyclic) bond motifs is 1. The first-order valence-electron chi connectivity index (χ1n) is 7.39. The molecule has 1 fully saturated rings. The quantitative estimate of drug-likeness (QED) is 0.767. The zero-order chi connectivity index (χ0) is 15.7. The predicted molar refractivity (Wildman–Crippen MR) is 88.9 cm³/mol. The van der Waals surface area contributed by atoms with Crippen LogP contribution in [0, 0.1) is 6.92 Å². The second kappa shape index (κ2) is 6.12. The van der Waals surface area contributed by atoms with Gasteiger partial charge in [0.05, 0.1) is 0 Å². The number of aromatic amines is 1. The minimum Gasteiger partial charge on any atom is -0.356 e. The topological polar surface area (TPSA) is 74.0 Å². The maximum atomic E-state index is 12.4. The third kappa shape index (κ3) is 3.16. The normalized spacial score (nSPS) is 18.8. The molecule has 116 valence electrons. The lowest BCUT2D eigenvalue weighted by Gasteiger charge is -2.14. The Kier molecular flexibility index (Phi) is 4.20. The van der Waals surface area contributed by atoms with E-state index in [1.807, 2.05) is 25.1 Å². The molecule has 3 rings (SSSR count). The summed E-state index contributed by atoms with van der Waals surface area (Å²) in [7, 11) is 0. The first-order valence-corrected chi connectivity index (χ1v) is 8.18. The summed E-state index contributed by atoms with van der Waals surface area (Å²) in [6.07, 6.45) is 1.91. The molecule has 22 heavy (non-hydrogen) atoms. The van der Waals surface area contributed by atoms with E-state index in [9.17, 15) is 9.59 Å². The molecule has 3 N–H and O–H groups in total. The van der Waals surface area contributed by atoms with Gasteiger partial charge in [-0.1, -0.05) is 15.9 Å². The molecule has 1 atom stereocenters. The lowest BCUT2D eigenvalue weighted by molar-refractivity contribution is -0.120. The monoisotopic (exact) mass is 363 g/mol. The third-order valence-corrected chi connectivity index (χ3v) is 4.46. The van der Waals surface area contributed by atoms with Crippen LogP contribution in [0.25, 0.3) is 10.9 Å². The van der Waals surface area contributed by atoms with Crippen molar-refractivity contribution in [2.24, 2.45) is 0 Å². The molecule has 0 radical (unpaired) electrons. The average molecular weight is 364 g/mol. The van der Waals surface area contributed by atoms with Crippen LogP contribution in [0.4, 0.5) is 0 Å². The van der Waals surface area contributed by atoms with Gasteiger partial charge in [-0.05, 0) is 43.5 Å². The molecule has 1 aromatic heterocycles. The Hall–Kier alpha value is -1.82. The second-order valence-corrected chi connectivity index (χ2v) is 6.63. The Bertz CT molecular complexity index is 738. The Labute approximate surface area is 137 Å². The van der Waals surface area contributed by atoms with Crippen LogP contribution in [0.1, 0.15) is 35.3 Å². The number of hydrogen-bond donors (Lipinski definition) is 3. The number of benzene rings is 1. The Balaban J connectivity index is 1.77. The lowest BCUT2D eigenvalue weighted by atomic mass is 10.1. The van der Waals surface area contributed by atoms with Gasteiger partial charge >= 0.3 is 0 Å². The first kappa shape index (κ1) is 15.1. The van der Waals surface area contributed by atoms with E-state index in [2.05, 4.69) is 31.5 Å². The molecule has 0 saturated carbocycles. The minimum absolute atomic E-state index is 0.0331. The van der Waals surface area contributed by atoms with Gasteiger partial charge in [-0.2, -0.15) is 0 Å². The van der Waals surface area contributed by atoms with Gasteiger partial charge in [-0.3, -0.25) is 9.59 Å². The van der Waals surface area contributed by atoms with Crippen LogP contribution < -0.4 is 10.6 Å². The van der Waals surface area contributed by atoms with Crippen molar-refractivity contribution in [1.29, 1.82) is 0 Å². The molecule has 0 spiro atoms. The summed E-state index contributed by atoms with van der Waals surface area (Å²) in [5, 5.41) is 6.85. The van der Waals surface area contributed by atoms with E-state index in [4.69, 9.17) is 0 Å². The van der Waals surface area contributed by atoms with Crippen molar-refractivity contribution in [2.45, 2.75) is 32.2 Å². The second-order valence-electron chi connectivity index (χ2n) is 5.72. The van der Waals surface area contributed by atoms with E-state index in [1.165, 1.54) is 0 Å². The number of carbonyl (C=O) groups excluding carboxylic acids is 2. The van der Waals surface area contributed by atoms with Crippen molar-refractivity contribution in [2.75, 3.05) is 6.54 Å². The number of aryl methyl sites for hydroxylation is 1. The largest absolute Gasteiger partial charge is 0.356 e. The van der Waals surface area contributed by atoms with Crippen LogP contribution in [0.15, 0.2) is 22.7 Å². The van der Waals surface area contributed by atoms with Gasteiger partial charge in [-0.15, -0.1) is 0 Å². The number of rotatable bonds is 2. The fourth-order valence-electron chi connectivity index (χ4n) is 2.83. The number of hydrogen-bond acceptors (Lipinski definition) is 2. The standard InChI is InChI=1S/C16H18BrN3O2/c1-9-6-11(17)7-10-8-13(20-15(9)10)16(22)19-12-2-3-14(21)18-5-4-12/h6-8,12,20H,2-5H2,1H3,(H,18,21)(H,19,22). The molecule has 5 nitrogen and oxygen atoms in total. The van der Waals surface area contributed by atoms with Crippen LogP contribution in [0.3, 0.4) is 0 Å². The van der Waals surface area contributed by atoms with E-state index >= 15 is 0 Å². The summed E-state index contributed by atoms with van der Waals surface area (Å²) in [5.74, 6) is -0.0612. The van der Waals surface area contributed by atoms with Crippen molar-refractivity contribution in [3.63, 3.8) is 0 Å². The summed E-state index contributed by atoms with van der Waals surface area (Å²) in [5.41, 5.74) is 2.62. The Morgan fingerprint density at radius 2 is 2.14 bits per heavy atom. The smallest absolute Gasteiger partial charge is 0.267 e. The number of amides is 2.